The van der Waals surface area contributed by atoms with Crippen LogP contribution in [-0.2, 0) is 22.4 Å². The van der Waals surface area contributed by atoms with Crippen LogP contribution in [0.1, 0.15) is 63.9 Å². The van der Waals surface area contributed by atoms with E-state index < -0.39 is 18.0 Å². The number of nitrogens with zero attached hydrogens (tertiary/aromatic N) is 1. The van der Waals surface area contributed by atoms with Crippen LogP contribution in [0.15, 0.2) is 47.6 Å². The topological polar surface area (TPSA) is 125 Å². The molecule has 42 heavy (non-hydrogen) atoms. The van der Waals surface area contributed by atoms with Gasteiger partial charge >= 0.3 is 5.97 Å². The van der Waals surface area contributed by atoms with Crippen LogP contribution >= 0.6 is 11.3 Å². The number of esters is 1. The number of carbonyl (C=O) groups excluding carboxylic acids is 3. The van der Waals surface area contributed by atoms with Gasteiger partial charge in [-0.1, -0.05) is 6.92 Å². The van der Waals surface area contributed by atoms with Crippen molar-refractivity contribution in [3.8, 4) is 17.2 Å². The molecule has 2 N–H and O–H groups in total. The molecular formula is C31H35N3O7S. The van der Waals surface area contributed by atoms with Crippen LogP contribution in [0, 0.1) is 5.92 Å². The lowest BCUT2D eigenvalue weighted by molar-refractivity contribution is -0.127. The Morgan fingerprint density at radius 1 is 1.10 bits per heavy atom. The van der Waals surface area contributed by atoms with Gasteiger partial charge in [0.2, 0.25) is 0 Å². The smallest absolute Gasteiger partial charge is 0.341 e. The number of ether oxygens (including phenoxy) is 4. The van der Waals surface area contributed by atoms with Crippen molar-refractivity contribution in [3.05, 3.63) is 69.6 Å². The standard InChI is InChI=1S/C31H35N3O7S/c1-6-40-31(37)27-24-13-7-18(2)15-26(24)42-30(27)33-29(36)20-8-10-22(11-9-20)41-19(3)28(35)34-32-17-21-16-23(38-4)12-14-25(21)39-5/h8-12,14,16-19H,6-7,13,15H2,1-5H3,(H,33,36)(H,34,35)/b32-17-/t18-,19-/m0/s1. The minimum atomic E-state index is -0.860. The Balaban J connectivity index is 1.37. The molecule has 2 amide bonds. The highest BCUT2D eigenvalue weighted by atomic mass is 32.1. The maximum Gasteiger partial charge on any atom is 0.341 e. The van der Waals surface area contributed by atoms with Crippen LogP contribution in [0.5, 0.6) is 17.2 Å². The first-order valence-electron chi connectivity index (χ1n) is 13.7. The zero-order valence-corrected chi connectivity index (χ0v) is 25.1. The van der Waals surface area contributed by atoms with Crippen molar-refractivity contribution >= 4 is 40.3 Å². The molecule has 0 bridgehead atoms. The summed E-state index contributed by atoms with van der Waals surface area (Å²) in [5.41, 5.74) is 4.91. The third-order valence-electron chi connectivity index (χ3n) is 6.83. The molecule has 0 saturated heterocycles. The molecule has 2 atom stereocenters. The summed E-state index contributed by atoms with van der Waals surface area (Å²) in [7, 11) is 3.10. The molecule has 0 fully saturated rings. The summed E-state index contributed by atoms with van der Waals surface area (Å²) in [6, 6.07) is 11.6. The van der Waals surface area contributed by atoms with E-state index in [1.807, 2.05) is 0 Å². The summed E-state index contributed by atoms with van der Waals surface area (Å²) in [4.78, 5) is 39.5. The number of nitrogens with one attached hydrogen (secondary N) is 2. The van der Waals surface area contributed by atoms with Gasteiger partial charge in [-0.2, -0.15) is 5.10 Å². The van der Waals surface area contributed by atoms with Crippen LogP contribution in [0.25, 0.3) is 0 Å². The lowest BCUT2D eigenvalue weighted by Gasteiger charge is -2.18. The molecule has 1 aliphatic carbocycles. The van der Waals surface area contributed by atoms with Gasteiger partial charge < -0.3 is 24.3 Å². The van der Waals surface area contributed by atoms with Crippen LogP contribution in [0.2, 0.25) is 0 Å². The second-order valence-corrected chi connectivity index (χ2v) is 11.0. The third-order valence-corrected chi connectivity index (χ3v) is 8.00. The molecule has 3 aromatic rings. The minimum Gasteiger partial charge on any atom is -0.497 e. The number of anilines is 1. The first-order chi connectivity index (χ1) is 20.2. The minimum absolute atomic E-state index is 0.258. The van der Waals surface area contributed by atoms with Crippen molar-refractivity contribution in [1.29, 1.82) is 0 Å². The highest BCUT2D eigenvalue weighted by Gasteiger charge is 2.29. The zero-order valence-electron chi connectivity index (χ0n) is 24.3. The quantitative estimate of drug-likeness (QED) is 0.177. The Labute approximate surface area is 249 Å². The predicted molar refractivity (Wildman–Crippen MR) is 161 cm³/mol. The lowest BCUT2D eigenvalue weighted by atomic mass is 9.88. The molecule has 4 rings (SSSR count). The van der Waals surface area contributed by atoms with Gasteiger partial charge in [0.15, 0.2) is 6.10 Å². The van der Waals surface area contributed by atoms with Crippen molar-refractivity contribution < 1.29 is 33.3 Å². The number of methoxy groups -OCH3 is 2. The van der Waals surface area contributed by atoms with E-state index in [4.69, 9.17) is 18.9 Å². The first kappa shape index (κ1) is 30.6. The van der Waals surface area contributed by atoms with E-state index in [1.54, 1.807) is 70.5 Å². The largest absolute Gasteiger partial charge is 0.497 e. The maximum absolute atomic E-state index is 13.1. The molecule has 1 aliphatic rings. The molecule has 0 saturated carbocycles. The van der Waals surface area contributed by atoms with Gasteiger partial charge in [-0.15, -0.1) is 11.3 Å². The van der Waals surface area contributed by atoms with Crippen molar-refractivity contribution in [2.45, 2.75) is 46.1 Å². The normalized spacial score (nSPS) is 14.9. The predicted octanol–water partition coefficient (Wildman–Crippen LogP) is 5.24. The van der Waals surface area contributed by atoms with Gasteiger partial charge in [0.05, 0.1) is 32.6 Å². The molecular weight excluding hydrogens is 558 g/mol. The maximum atomic E-state index is 13.1. The number of carbonyl (C=O) groups is 3. The molecule has 2 aromatic carbocycles. The average molecular weight is 594 g/mol. The number of hydrogen-bond donors (Lipinski definition) is 2. The molecule has 0 radical (unpaired) electrons. The summed E-state index contributed by atoms with van der Waals surface area (Å²) in [5, 5.41) is 7.42. The molecule has 1 aromatic heterocycles. The second kappa shape index (κ2) is 14.0. The van der Waals surface area contributed by atoms with Gasteiger partial charge in [0.1, 0.15) is 22.2 Å². The number of benzene rings is 2. The van der Waals surface area contributed by atoms with Gasteiger partial charge in [-0.3, -0.25) is 9.59 Å². The summed E-state index contributed by atoms with van der Waals surface area (Å²) in [6.07, 6.45) is 3.25. The molecule has 1 heterocycles. The van der Waals surface area contributed by atoms with Gasteiger partial charge in [-0.05, 0) is 87.1 Å². The van der Waals surface area contributed by atoms with Crippen molar-refractivity contribution in [3.63, 3.8) is 0 Å². The Bertz CT molecular complexity index is 1470. The fourth-order valence-electron chi connectivity index (χ4n) is 4.57. The Hall–Kier alpha value is -4.38. The number of rotatable bonds is 11. The molecule has 10 nitrogen and oxygen atoms in total. The first-order valence-corrected chi connectivity index (χ1v) is 14.5. The Kier molecular flexibility index (Phi) is 10.2. The van der Waals surface area contributed by atoms with Gasteiger partial charge in [-0.25, -0.2) is 10.2 Å². The number of amides is 2. The van der Waals surface area contributed by atoms with Crippen LogP contribution in [0.4, 0.5) is 5.00 Å². The third kappa shape index (κ3) is 7.27. The van der Waals surface area contributed by atoms with E-state index in [0.717, 1.165) is 29.7 Å². The molecule has 0 aliphatic heterocycles. The van der Waals surface area contributed by atoms with E-state index in [1.165, 1.54) is 17.6 Å². The van der Waals surface area contributed by atoms with Crippen molar-refractivity contribution in [2.24, 2.45) is 11.0 Å². The fourth-order valence-corrected chi connectivity index (χ4v) is 5.97. The van der Waals surface area contributed by atoms with Crippen LogP contribution < -0.4 is 25.0 Å². The van der Waals surface area contributed by atoms with E-state index in [0.29, 0.717) is 44.9 Å². The van der Waals surface area contributed by atoms with Crippen LogP contribution in [-0.4, -0.2) is 50.9 Å². The summed E-state index contributed by atoms with van der Waals surface area (Å²) in [6.45, 7) is 5.80. The molecule has 0 unspecified atom stereocenters. The second-order valence-electron chi connectivity index (χ2n) is 9.86. The molecule has 0 spiro atoms. The monoisotopic (exact) mass is 593 g/mol. The van der Waals surface area contributed by atoms with Crippen LogP contribution in [0.3, 0.4) is 0 Å². The van der Waals surface area contributed by atoms with Crippen molar-refractivity contribution in [2.75, 3.05) is 26.1 Å². The van der Waals surface area contributed by atoms with Gasteiger partial charge in [0, 0.05) is 16.0 Å². The van der Waals surface area contributed by atoms with E-state index in [9.17, 15) is 14.4 Å². The number of hydrogen-bond acceptors (Lipinski definition) is 9. The zero-order chi connectivity index (χ0) is 30.2. The highest BCUT2D eigenvalue weighted by molar-refractivity contribution is 7.17. The summed E-state index contributed by atoms with van der Waals surface area (Å²) >= 11 is 1.44. The highest BCUT2D eigenvalue weighted by Crippen LogP contribution is 2.40. The average Bonchev–Trinajstić information content (AvgIpc) is 3.34. The van der Waals surface area contributed by atoms with E-state index in [-0.39, 0.29) is 12.5 Å². The summed E-state index contributed by atoms with van der Waals surface area (Å²) < 4.78 is 21.5. The van der Waals surface area contributed by atoms with E-state index >= 15 is 0 Å². The number of thiophene rings is 1. The van der Waals surface area contributed by atoms with E-state index in [2.05, 4.69) is 22.8 Å². The number of hydrazone groups is 1. The fraction of sp³-hybridized carbons (Fsp3) is 0.355. The molecule has 11 heteroatoms. The Morgan fingerprint density at radius 2 is 1.83 bits per heavy atom. The van der Waals surface area contributed by atoms with Gasteiger partial charge in [0.25, 0.3) is 11.8 Å². The summed E-state index contributed by atoms with van der Waals surface area (Å²) in [5.74, 6) is 0.899. The Morgan fingerprint density at radius 3 is 2.52 bits per heavy atom. The lowest BCUT2D eigenvalue weighted by Crippen LogP contribution is -2.33. The SMILES string of the molecule is CCOC(=O)c1c(NC(=O)c2ccc(O[C@@H](C)C(=O)N/N=C\c3cc(OC)ccc3OC)cc2)sc2c1CC[C@H](C)C2. The van der Waals surface area contributed by atoms with Crippen molar-refractivity contribution in [1.82, 2.24) is 5.43 Å². The molecule has 222 valence electrons. The number of fused-ring (bicyclic) bond motifs is 1.